The summed E-state index contributed by atoms with van der Waals surface area (Å²) in [6.45, 7) is 2.37. The van der Waals surface area contributed by atoms with Gasteiger partial charge in [0, 0.05) is 11.1 Å². The highest BCUT2D eigenvalue weighted by atomic mass is 35.5. The molecule has 0 aliphatic carbocycles. The third-order valence-electron chi connectivity index (χ3n) is 3.57. The number of ether oxygens (including phenoxy) is 1. The number of furan rings is 1. The Balaban J connectivity index is 1.62. The Labute approximate surface area is 159 Å². The van der Waals surface area contributed by atoms with Crippen LogP contribution >= 0.6 is 23.4 Å². The van der Waals surface area contributed by atoms with Gasteiger partial charge in [-0.1, -0.05) is 23.4 Å². The van der Waals surface area contributed by atoms with E-state index in [1.807, 2.05) is 23.6 Å². The second-order valence-electron chi connectivity index (χ2n) is 5.46. The van der Waals surface area contributed by atoms with Crippen LogP contribution < -0.4 is 10.1 Å². The zero-order chi connectivity index (χ0) is 18.5. The Hall–Kier alpha value is -2.45. The first kappa shape index (κ1) is 18.3. The number of aromatic nitrogens is 3. The minimum Gasteiger partial charge on any atom is -0.495 e. The van der Waals surface area contributed by atoms with Crippen LogP contribution in [0.15, 0.2) is 46.4 Å². The highest BCUT2D eigenvalue weighted by molar-refractivity contribution is 7.99. The van der Waals surface area contributed by atoms with Gasteiger partial charge in [0.15, 0.2) is 5.16 Å². The summed E-state index contributed by atoms with van der Waals surface area (Å²) in [5.41, 5.74) is 1.44. The fourth-order valence-electron chi connectivity index (χ4n) is 2.28. The molecular weight excluding hydrogens is 376 g/mol. The molecule has 1 aromatic carbocycles. The molecule has 26 heavy (non-hydrogen) atoms. The quantitative estimate of drug-likeness (QED) is 0.618. The number of thioether (sulfide) groups is 1. The van der Waals surface area contributed by atoms with Crippen molar-refractivity contribution >= 4 is 35.0 Å². The van der Waals surface area contributed by atoms with Crippen molar-refractivity contribution in [3.63, 3.8) is 0 Å². The summed E-state index contributed by atoms with van der Waals surface area (Å²) in [5.74, 6) is 1.31. The predicted molar refractivity (Wildman–Crippen MR) is 99.9 cm³/mol. The Bertz CT molecular complexity index is 896. The van der Waals surface area contributed by atoms with E-state index >= 15 is 0 Å². The fourth-order valence-corrected chi connectivity index (χ4v) is 3.15. The number of nitrogens with one attached hydrogen (secondary N) is 1. The van der Waals surface area contributed by atoms with Gasteiger partial charge in [0.05, 0.1) is 31.4 Å². The highest BCUT2D eigenvalue weighted by Gasteiger charge is 2.13. The average molecular weight is 393 g/mol. The van der Waals surface area contributed by atoms with Crippen LogP contribution in [-0.4, -0.2) is 33.5 Å². The van der Waals surface area contributed by atoms with Gasteiger partial charge < -0.3 is 19.0 Å². The molecule has 0 radical (unpaired) electrons. The van der Waals surface area contributed by atoms with Gasteiger partial charge >= 0.3 is 0 Å². The van der Waals surface area contributed by atoms with Crippen LogP contribution in [0.4, 0.5) is 5.69 Å². The number of benzene rings is 1. The van der Waals surface area contributed by atoms with Crippen LogP contribution in [-0.2, 0) is 11.3 Å². The molecule has 3 rings (SSSR count). The van der Waals surface area contributed by atoms with Crippen molar-refractivity contribution < 1.29 is 13.9 Å². The first-order valence-electron chi connectivity index (χ1n) is 7.74. The summed E-state index contributed by atoms with van der Waals surface area (Å²) in [5, 5.41) is 12.0. The zero-order valence-corrected chi connectivity index (χ0v) is 15.8. The summed E-state index contributed by atoms with van der Waals surface area (Å²) < 4.78 is 12.4. The van der Waals surface area contributed by atoms with Crippen LogP contribution in [0, 0.1) is 6.92 Å². The van der Waals surface area contributed by atoms with Gasteiger partial charge in [-0.3, -0.25) is 4.79 Å². The van der Waals surface area contributed by atoms with Crippen molar-refractivity contribution in [2.45, 2.75) is 18.6 Å². The van der Waals surface area contributed by atoms with Crippen molar-refractivity contribution in [3.05, 3.63) is 53.2 Å². The zero-order valence-electron chi connectivity index (χ0n) is 14.2. The molecule has 1 amide bonds. The number of aryl methyl sites for hydroxylation is 1. The molecule has 0 aliphatic heterocycles. The molecule has 2 aromatic heterocycles. The largest absolute Gasteiger partial charge is 0.495 e. The van der Waals surface area contributed by atoms with E-state index in [0.717, 1.165) is 11.3 Å². The van der Waals surface area contributed by atoms with Crippen LogP contribution in [0.3, 0.4) is 0 Å². The molecule has 2 heterocycles. The number of carbonyl (C=O) groups is 1. The Morgan fingerprint density at radius 1 is 1.46 bits per heavy atom. The maximum Gasteiger partial charge on any atom is 0.234 e. The SMILES string of the molecule is COc1cc(Cl)c(C)cc1NC(=O)CSc1nncn1Cc1ccco1. The molecule has 0 aliphatic rings. The summed E-state index contributed by atoms with van der Waals surface area (Å²) in [6, 6.07) is 7.15. The van der Waals surface area contributed by atoms with Gasteiger partial charge in [-0.25, -0.2) is 0 Å². The van der Waals surface area contributed by atoms with Crippen LogP contribution in [0.2, 0.25) is 5.02 Å². The molecular formula is C17H17ClN4O3S. The number of hydrogen-bond acceptors (Lipinski definition) is 6. The number of nitrogens with zero attached hydrogens (tertiary/aromatic N) is 3. The summed E-state index contributed by atoms with van der Waals surface area (Å²) in [7, 11) is 1.53. The average Bonchev–Trinajstić information content (AvgIpc) is 3.28. The van der Waals surface area contributed by atoms with E-state index in [-0.39, 0.29) is 11.7 Å². The third-order valence-corrected chi connectivity index (χ3v) is 4.96. The molecule has 0 bridgehead atoms. The topological polar surface area (TPSA) is 82.2 Å². The normalized spacial score (nSPS) is 10.7. The molecule has 3 aromatic rings. The van der Waals surface area contributed by atoms with Gasteiger partial charge in [-0.15, -0.1) is 10.2 Å². The van der Waals surface area contributed by atoms with E-state index < -0.39 is 0 Å². The molecule has 1 N–H and O–H groups in total. The molecule has 0 spiro atoms. The monoisotopic (exact) mass is 392 g/mol. The van der Waals surface area contributed by atoms with E-state index in [0.29, 0.717) is 28.2 Å². The van der Waals surface area contributed by atoms with Gasteiger partial charge in [-0.2, -0.15) is 0 Å². The summed E-state index contributed by atoms with van der Waals surface area (Å²) in [4.78, 5) is 12.3. The van der Waals surface area contributed by atoms with E-state index in [9.17, 15) is 4.79 Å². The molecule has 7 nitrogen and oxygen atoms in total. The lowest BCUT2D eigenvalue weighted by Crippen LogP contribution is -2.15. The van der Waals surface area contributed by atoms with Gasteiger partial charge in [-0.05, 0) is 30.7 Å². The number of carbonyl (C=O) groups excluding carboxylic acids is 1. The standard InChI is InChI=1S/C17H17ClN4O3S/c1-11-6-14(15(24-2)7-13(11)18)20-16(23)9-26-17-21-19-10-22(17)8-12-4-3-5-25-12/h3-7,10H,8-9H2,1-2H3,(H,20,23). The number of anilines is 1. The number of halogens is 1. The summed E-state index contributed by atoms with van der Waals surface area (Å²) in [6.07, 6.45) is 3.22. The van der Waals surface area contributed by atoms with Crippen molar-refractivity contribution in [2.75, 3.05) is 18.2 Å². The molecule has 9 heteroatoms. The molecule has 0 fully saturated rings. The first-order chi connectivity index (χ1) is 12.6. The van der Waals surface area contributed by atoms with Crippen LogP contribution in [0.5, 0.6) is 5.75 Å². The van der Waals surface area contributed by atoms with Crippen LogP contribution in [0.1, 0.15) is 11.3 Å². The molecule has 0 saturated heterocycles. The third kappa shape index (κ3) is 4.39. The minimum absolute atomic E-state index is 0.178. The number of rotatable bonds is 7. The first-order valence-corrected chi connectivity index (χ1v) is 9.10. The number of hydrogen-bond donors (Lipinski definition) is 1. The molecule has 136 valence electrons. The van der Waals surface area contributed by atoms with Crippen molar-refractivity contribution in [1.29, 1.82) is 0 Å². The van der Waals surface area contributed by atoms with Crippen LogP contribution in [0.25, 0.3) is 0 Å². The molecule has 0 saturated carbocycles. The smallest absolute Gasteiger partial charge is 0.234 e. The van der Waals surface area contributed by atoms with E-state index in [1.54, 1.807) is 24.7 Å². The minimum atomic E-state index is -0.178. The van der Waals surface area contributed by atoms with Crippen molar-refractivity contribution in [2.24, 2.45) is 0 Å². The van der Waals surface area contributed by atoms with E-state index in [4.69, 9.17) is 20.8 Å². The summed E-state index contributed by atoms with van der Waals surface area (Å²) >= 11 is 7.38. The second-order valence-corrected chi connectivity index (χ2v) is 6.81. The predicted octanol–water partition coefficient (Wildman–Crippen LogP) is 3.62. The fraction of sp³-hybridized carbons (Fsp3) is 0.235. The van der Waals surface area contributed by atoms with Gasteiger partial charge in [0.2, 0.25) is 5.91 Å². The van der Waals surface area contributed by atoms with E-state index in [1.165, 1.54) is 18.9 Å². The molecule has 0 atom stereocenters. The number of amides is 1. The lowest BCUT2D eigenvalue weighted by molar-refractivity contribution is -0.113. The van der Waals surface area contributed by atoms with Crippen molar-refractivity contribution in [1.82, 2.24) is 14.8 Å². The van der Waals surface area contributed by atoms with E-state index in [2.05, 4.69) is 15.5 Å². The maximum atomic E-state index is 12.3. The lowest BCUT2D eigenvalue weighted by Gasteiger charge is -2.12. The van der Waals surface area contributed by atoms with Crippen molar-refractivity contribution in [3.8, 4) is 5.75 Å². The Morgan fingerprint density at radius 2 is 2.31 bits per heavy atom. The number of methoxy groups -OCH3 is 1. The van der Waals surface area contributed by atoms with Gasteiger partial charge in [0.25, 0.3) is 0 Å². The lowest BCUT2D eigenvalue weighted by atomic mass is 10.2. The Morgan fingerprint density at radius 3 is 3.04 bits per heavy atom. The second kappa shape index (κ2) is 8.29. The Kier molecular flexibility index (Phi) is 5.85. The maximum absolute atomic E-state index is 12.3. The molecule has 0 unspecified atom stereocenters. The van der Waals surface area contributed by atoms with Gasteiger partial charge in [0.1, 0.15) is 17.8 Å². The highest BCUT2D eigenvalue weighted by Crippen LogP contribution is 2.31.